The molecule has 2 saturated heterocycles. The van der Waals surface area contributed by atoms with Crippen molar-refractivity contribution in [2.24, 2.45) is 0 Å². The van der Waals surface area contributed by atoms with Gasteiger partial charge in [0.25, 0.3) is 0 Å². The molecule has 0 aromatic rings. The van der Waals surface area contributed by atoms with E-state index in [0.29, 0.717) is 12.8 Å². The molecule has 2 rings (SSSR count). The normalized spacial score (nSPS) is 26.8. The van der Waals surface area contributed by atoms with E-state index in [9.17, 15) is 45.3 Å². The number of aliphatic hydroxyl groups excluding tert-OH is 7. The summed E-state index contributed by atoms with van der Waals surface area (Å²) in [6.45, 7) is 2.53. The summed E-state index contributed by atoms with van der Waals surface area (Å²) in [5, 5.41) is 72.0. The van der Waals surface area contributed by atoms with Crippen molar-refractivity contribution in [3.63, 3.8) is 0 Å². The number of carbonyl (C=O) groups excluding carboxylic acids is 2. The second kappa shape index (κ2) is 37.0. The summed E-state index contributed by atoms with van der Waals surface area (Å²) in [6, 6.07) is 0. The maximum absolute atomic E-state index is 13.0. The SMILES string of the molecule is CCCC/C=C/CCCCCCCCCCCC(=O)O[C@H](COC(=O)CCCCC/C=C/CCCCCCCC)CO[C@@H]1O[C@H](CO[C@@H]2O[C@H](CO)[C@H](O)C(O)C2O)[C@H](O)C(O)C1O. The second-order valence-corrected chi connectivity index (χ2v) is 17.6. The summed E-state index contributed by atoms with van der Waals surface area (Å²) in [4.78, 5) is 25.7. The van der Waals surface area contributed by atoms with Crippen LogP contribution in [0.1, 0.15) is 181 Å². The lowest BCUT2D eigenvalue weighted by Crippen LogP contribution is -2.61. The van der Waals surface area contributed by atoms with Crippen LogP contribution in [0.5, 0.6) is 0 Å². The Balaban J connectivity index is 1.83. The van der Waals surface area contributed by atoms with Crippen molar-refractivity contribution in [2.75, 3.05) is 26.4 Å². The molecule has 2 aliphatic rings. The minimum atomic E-state index is -1.76. The van der Waals surface area contributed by atoms with Gasteiger partial charge in [0.2, 0.25) is 0 Å². The van der Waals surface area contributed by atoms with E-state index in [1.165, 1.54) is 89.9 Å². The molecule has 7 N–H and O–H groups in total. The molecule has 2 aliphatic heterocycles. The van der Waals surface area contributed by atoms with E-state index in [0.717, 1.165) is 51.4 Å². The lowest BCUT2D eigenvalue weighted by atomic mass is 9.98. The molecular formula is C49H88O15. The fourth-order valence-corrected chi connectivity index (χ4v) is 7.72. The highest BCUT2D eigenvalue weighted by molar-refractivity contribution is 5.70. The predicted octanol–water partition coefficient (Wildman–Crippen LogP) is 6.38. The lowest BCUT2D eigenvalue weighted by Gasteiger charge is -2.42. The minimum absolute atomic E-state index is 0.161. The molecule has 0 amide bonds. The largest absolute Gasteiger partial charge is 0.462 e. The first-order valence-electron chi connectivity index (χ1n) is 24.9. The summed E-state index contributed by atoms with van der Waals surface area (Å²) in [6.07, 6.45) is 19.2. The highest BCUT2D eigenvalue weighted by Gasteiger charge is 2.47. The van der Waals surface area contributed by atoms with Gasteiger partial charge in [-0.2, -0.15) is 0 Å². The Morgan fingerprint density at radius 3 is 1.44 bits per heavy atom. The zero-order chi connectivity index (χ0) is 46.8. The Morgan fingerprint density at radius 1 is 0.484 bits per heavy atom. The Hall–Kier alpha value is -2.02. The highest BCUT2D eigenvalue weighted by atomic mass is 16.7. The van der Waals surface area contributed by atoms with Gasteiger partial charge in [0, 0.05) is 12.8 Å². The molecule has 4 unspecified atom stereocenters. The highest BCUT2D eigenvalue weighted by Crippen LogP contribution is 2.26. The molecule has 15 heteroatoms. The lowest BCUT2D eigenvalue weighted by molar-refractivity contribution is -0.332. The summed E-state index contributed by atoms with van der Waals surface area (Å²) in [5.41, 5.74) is 0. The Kier molecular flexibility index (Phi) is 33.6. The molecule has 0 aromatic carbocycles. The number of rotatable bonds is 38. The van der Waals surface area contributed by atoms with Gasteiger partial charge >= 0.3 is 11.9 Å². The Morgan fingerprint density at radius 2 is 0.906 bits per heavy atom. The molecule has 2 heterocycles. The van der Waals surface area contributed by atoms with Gasteiger partial charge in [0.05, 0.1) is 19.8 Å². The predicted molar refractivity (Wildman–Crippen MR) is 243 cm³/mol. The molecule has 0 aliphatic carbocycles. The van der Waals surface area contributed by atoms with E-state index >= 15 is 0 Å². The van der Waals surface area contributed by atoms with Crippen molar-refractivity contribution in [3.05, 3.63) is 24.3 Å². The molecule has 374 valence electrons. The quantitative estimate of drug-likeness (QED) is 0.0203. The zero-order valence-corrected chi connectivity index (χ0v) is 39.3. The monoisotopic (exact) mass is 917 g/mol. The number of carbonyl (C=O) groups is 2. The number of hydrogen-bond acceptors (Lipinski definition) is 15. The van der Waals surface area contributed by atoms with Gasteiger partial charge in [-0.15, -0.1) is 0 Å². The van der Waals surface area contributed by atoms with Crippen LogP contribution in [0.2, 0.25) is 0 Å². The van der Waals surface area contributed by atoms with Gasteiger partial charge in [0.1, 0.15) is 55.4 Å². The number of esters is 2. The van der Waals surface area contributed by atoms with E-state index < -0.39 is 92.7 Å². The maximum Gasteiger partial charge on any atom is 0.306 e. The van der Waals surface area contributed by atoms with E-state index in [4.69, 9.17) is 28.4 Å². The topological polar surface area (TPSA) is 231 Å². The van der Waals surface area contributed by atoms with E-state index in [-0.39, 0.29) is 26.1 Å². The van der Waals surface area contributed by atoms with Gasteiger partial charge in [-0.3, -0.25) is 9.59 Å². The molecule has 0 bridgehead atoms. The van der Waals surface area contributed by atoms with Crippen molar-refractivity contribution < 1.29 is 73.8 Å². The van der Waals surface area contributed by atoms with Crippen molar-refractivity contribution in [1.82, 2.24) is 0 Å². The Labute approximate surface area is 383 Å². The first-order chi connectivity index (χ1) is 31.0. The summed E-state index contributed by atoms with van der Waals surface area (Å²) >= 11 is 0. The van der Waals surface area contributed by atoms with Crippen LogP contribution < -0.4 is 0 Å². The van der Waals surface area contributed by atoms with E-state index in [2.05, 4.69) is 38.2 Å². The van der Waals surface area contributed by atoms with Crippen LogP contribution in [0.15, 0.2) is 24.3 Å². The molecule has 0 spiro atoms. The third-order valence-electron chi connectivity index (χ3n) is 11.9. The molecule has 64 heavy (non-hydrogen) atoms. The van der Waals surface area contributed by atoms with Crippen LogP contribution in [0, 0.1) is 0 Å². The average molecular weight is 917 g/mol. The zero-order valence-electron chi connectivity index (χ0n) is 39.3. The van der Waals surface area contributed by atoms with Crippen molar-refractivity contribution in [2.45, 2.75) is 248 Å². The molecule has 11 atom stereocenters. The van der Waals surface area contributed by atoms with Crippen molar-refractivity contribution >= 4 is 11.9 Å². The smallest absolute Gasteiger partial charge is 0.306 e. The maximum atomic E-state index is 13.0. The summed E-state index contributed by atoms with van der Waals surface area (Å²) < 4.78 is 33.5. The number of allylic oxidation sites excluding steroid dienone is 4. The van der Waals surface area contributed by atoms with Gasteiger partial charge in [-0.25, -0.2) is 0 Å². The fourth-order valence-electron chi connectivity index (χ4n) is 7.72. The van der Waals surface area contributed by atoms with Crippen LogP contribution in [0.25, 0.3) is 0 Å². The van der Waals surface area contributed by atoms with Crippen LogP contribution >= 0.6 is 0 Å². The van der Waals surface area contributed by atoms with Crippen molar-refractivity contribution in [3.8, 4) is 0 Å². The molecule has 2 fully saturated rings. The van der Waals surface area contributed by atoms with E-state index in [1.54, 1.807) is 0 Å². The van der Waals surface area contributed by atoms with Crippen molar-refractivity contribution in [1.29, 1.82) is 0 Å². The third-order valence-corrected chi connectivity index (χ3v) is 11.9. The van der Waals surface area contributed by atoms with Gasteiger partial charge in [-0.05, 0) is 57.8 Å². The first kappa shape index (κ1) is 58.1. The minimum Gasteiger partial charge on any atom is -0.462 e. The summed E-state index contributed by atoms with van der Waals surface area (Å²) in [5.74, 6) is -0.943. The number of aliphatic hydroxyl groups is 7. The molecule has 0 radical (unpaired) electrons. The Bertz CT molecular complexity index is 1220. The third kappa shape index (κ3) is 25.2. The molecule has 15 nitrogen and oxygen atoms in total. The van der Waals surface area contributed by atoms with Gasteiger partial charge in [0.15, 0.2) is 18.7 Å². The number of unbranched alkanes of at least 4 members (excludes halogenated alkanes) is 20. The van der Waals surface area contributed by atoms with Crippen LogP contribution in [0.3, 0.4) is 0 Å². The van der Waals surface area contributed by atoms with Gasteiger partial charge < -0.3 is 64.2 Å². The second-order valence-electron chi connectivity index (χ2n) is 17.6. The molecule has 0 aromatic heterocycles. The first-order valence-corrected chi connectivity index (χ1v) is 24.9. The van der Waals surface area contributed by atoms with Crippen LogP contribution in [-0.2, 0) is 38.0 Å². The van der Waals surface area contributed by atoms with Gasteiger partial charge in [-0.1, -0.05) is 134 Å². The molecule has 0 saturated carbocycles. The average Bonchev–Trinajstić information content (AvgIpc) is 3.29. The summed E-state index contributed by atoms with van der Waals surface area (Å²) in [7, 11) is 0. The van der Waals surface area contributed by atoms with E-state index in [1.807, 2.05) is 0 Å². The standard InChI is InChI=1S/C49H88O15/c1-3-5-7-9-11-13-15-17-18-20-22-24-26-28-30-32-41(52)62-37(34-59-40(51)31-29-27-25-23-21-19-16-14-12-10-8-6-4-2)35-60-48-47(58)45(56)43(54)39(64-48)36-61-49-46(57)44(55)42(53)38(33-50)63-49/h9,11,19,21,37-39,42-50,53-58H,3-8,10,12-18,20,22-36H2,1-2H3/b11-9+,21-19+/t37-,38-,39-,42+,43+,44?,45?,46?,47?,48-,49-/m1/s1. The number of ether oxygens (including phenoxy) is 6. The molecular weight excluding hydrogens is 829 g/mol. The van der Waals surface area contributed by atoms with Crippen LogP contribution in [0.4, 0.5) is 0 Å². The fraction of sp³-hybridized carbons (Fsp3) is 0.878. The van der Waals surface area contributed by atoms with Crippen LogP contribution in [-0.4, -0.2) is 142 Å². The number of hydrogen-bond donors (Lipinski definition) is 7.